The quantitative estimate of drug-likeness (QED) is 0.871. The number of methoxy groups -OCH3 is 2. The highest BCUT2D eigenvalue weighted by Gasteiger charge is 2.24. The number of rotatable bonds is 4. The van der Waals surface area contributed by atoms with Crippen LogP contribution in [0.2, 0.25) is 0 Å². The first-order chi connectivity index (χ1) is 10.2. The van der Waals surface area contributed by atoms with E-state index in [0.29, 0.717) is 30.0 Å². The van der Waals surface area contributed by atoms with Gasteiger partial charge in [0, 0.05) is 6.54 Å². The smallest absolute Gasteiger partial charge is 0.255 e. The Hall–Kier alpha value is -2.24. The molecule has 0 bridgehead atoms. The maximum Gasteiger partial charge on any atom is 0.255 e. The third kappa shape index (κ3) is 3.65. The van der Waals surface area contributed by atoms with Crippen LogP contribution in [-0.4, -0.2) is 38.6 Å². The van der Waals surface area contributed by atoms with Crippen molar-refractivity contribution in [2.24, 2.45) is 0 Å². The van der Waals surface area contributed by atoms with Gasteiger partial charge >= 0.3 is 0 Å². The Bertz CT molecular complexity index is 530. The Kier molecular flexibility index (Phi) is 5.03. The molecular formula is C15H20N2O4. The molecule has 1 fully saturated rings. The lowest BCUT2D eigenvalue weighted by Crippen LogP contribution is -2.45. The number of nitrogens with one attached hydrogen (secondary N) is 2. The zero-order chi connectivity index (χ0) is 15.2. The largest absolute Gasteiger partial charge is 0.497 e. The molecular weight excluding hydrogens is 272 g/mol. The van der Waals surface area contributed by atoms with Gasteiger partial charge in [-0.3, -0.25) is 9.59 Å². The highest BCUT2D eigenvalue weighted by Crippen LogP contribution is 2.24. The topological polar surface area (TPSA) is 76.7 Å². The fourth-order valence-corrected chi connectivity index (χ4v) is 2.30. The number of carbonyl (C=O) groups excluding carboxylic acids is 2. The van der Waals surface area contributed by atoms with Crippen LogP contribution in [0.4, 0.5) is 0 Å². The zero-order valence-electron chi connectivity index (χ0n) is 12.3. The van der Waals surface area contributed by atoms with Crippen molar-refractivity contribution in [1.29, 1.82) is 0 Å². The number of amides is 2. The van der Waals surface area contributed by atoms with Gasteiger partial charge < -0.3 is 20.1 Å². The third-order valence-electron chi connectivity index (χ3n) is 3.49. The molecule has 0 aliphatic carbocycles. The van der Waals surface area contributed by atoms with Crippen molar-refractivity contribution in [3.8, 4) is 11.5 Å². The van der Waals surface area contributed by atoms with Crippen molar-refractivity contribution in [2.75, 3.05) is 20.8 Å². The highest BCUT2D eigenvalue weighted by atomic mass is 16.5. The lowest BCUT2D eigenvalue weighted by Gasteiger charge is -2.16. The van der Waals surface area contributed by atoms with E-state index in [9.17, 15) is 9.59 Å². The van der Waals surface area contributed by atoms with Gasteiger partial charge in [-0.2, -0.15) is 0 Å². The number of ether oxygens (including phenoxy) is 2. The molecule has 21 heavy (non-hydrogen) atoms. The normalized spacial score (nSPS) is 18.4. The summed E-state index contributed by atoms with van der Waals surface area (Å²) in [4.78, 5) is 24.3. The second-order valence-corrected chi connectivity index (χ2v) is 4.88. The van der Waals surface area contributed by atoms with Crippen molar-refractivity contribution >= 4 is 11.8 Å². The molecule has 1 aromatic carbocycles. The molecule has 1 aliphatic heterocycles. The van der Waals surface area contributed by atoms with Crippen LogP contribution in [0.15, 0.2) is 18.2 Å². The summed E-state index contributed by atoms with van der Waals surface area (Å²) >= 11 is 0. The van der Waals surface area contributed by atoms with Crippen LogP contribution in [0.5, 0.6) is 11.5 Å². The Morgan fingerprint density at radius 2 is 2.10 bits per heavy atom. The Balaban J connectivity index is 2.17. The lowest BCUT2D eigenvalue weighted by atomic mass is 10.1. The predicted molar refractivity (Wildman–Crippen MR) is 77.7 cm³/mol. The summed E-state index contributed by atoms with van der Waals surface area (Å²) in [6, 6.07) is 4.48. The highest BCUT2D eigenvalue weighted by molar-refractivity contribution is 6.00. The molecule has 2 N–H and O–H groups in total. The molecule has 0 saturated carbocycles. The van der Waals surface area contributed by atoms with Gasteiger partial charge in [-0.05, 0) is 37.5 Å². The maximum atomic E-state index is 12.4. The summed E-state index contributed by atoms with van der Waals surface area (Å²) in [6.07, 6.45) is 2.48. The fourth-order valence-electron chi connectivity index (χ4n) is 2.30. The summed E-state index contributed by atoms with van der Waals surface area (Å²) in [5.74, 6) is 0.532. The molecule has 6 nitrogen and oxygen atoms in total. The minimum absolute atomic E-state index is 0.136. The van der Waals surface area contributed by atoms with Gasteiger partial charge in [0.1, 0.15) is 17.5 Å². The van der Waals surface area contributed by atoms with Crippen molar-refractivity contribution in [1.82, 2.24) is 10.6 Å². The Labute approximate surface area is 123 Å². The second-order valence-electron chi connectivity index (χ2n) is 4.88. The summed E-state index contributed by atoms with van der Waals surface area (Å²) in [5.41, 5.74) is 0.355. The fraction of sp³-hybridized carbons (Fsp3) is 0.467. The molecule has 0 spiro atoms. The third-order valence-corrected chi connectivity index (χ3v) is 3.49. The van der Waals surface area contributed by atoms with Crippen molar-refractivity contribution in [3.63, 3.8) is 0 Å². The van der Waals surface area contributed by atoms with Gasteiger partial charge in [-0.15, -0.1) is 0 Å². The van der Waals surface area contributed by atoms with Crippen LogP contribution in [0, 0.1) is 0 Å². The van der Waals surface area contributed by atoms with Gasteiger partial charge in [0.25, 0.3) is 5.91 Å². The van der Waals surface area contributed by atoms with E-state index in [0.717, 1.165) is 12.8 Å². The molecule has 114 valence electrons. The lowest BCUT2D eigenvalue weighted by molar-refractivity contribution is -0.122. The summed E-state index contributed by atoms with van der Waals surface area (Å²) in [5, 5.41) is 5.56. The van der Waals surface area contributed by atoms with E-state index in [1.165, 1.54) is 14.2 Å². The van der Waals surface area contributed by atoms with Gasteiger partial charge in [0.2, 0.25) is 5.91 Å². The predicted octanol–water partition coefficient (Wildman–Crippen LogP) is 1.10. The standard InChI is InChI=1S/C15H20N2O4/c1-20-10-6-7-13(21-2)11(9-10)14(18)17-12-5-3-4-8-16-15(12)19/h6-7,9,12H,3-5,8H2,1-2H3,(H,16,19)(H,17,18). The van der Waals surface area contributed by atoms with Crippen LogP contribution in [0.25, 0.3) is 0 Å². The maximum absolute atomic E-state index is 12.4. The van der Waals surface area contributed by atoms with Crippen molar-refractivity contribution < 1.29 is 19.1 Å². The molecule has 1 unspecified atom stereocenters. The minimum atomic E-state index is -0.504. The molecule has 1 atom stereocenters. The summed E-state index contributed by atoms with van der Waals surface area (Å²) < 4.78 is 10.3. The van der Waals surface area contributed by atoms with Gasteiger partial charge in [-0.1, -0.05) is 0 Å². The molecule has 1 aliphatic rings. The first-order valence-electron chi connectivity index (χ1n) is 6.96. The molecule has 0 radical (unpaired) electrons. The van der Waals surface area contributed by atoms with E-state index >= 15 is 0 Å². The van der Waals surface area contributed by atoms with E-state index in [4.69, 9.17) is 9.47 Å². The summed E-state index contributed by atoms with van der Waals surface area (Å²) in [7, 11) is 3.03. The SMILES string of the molecule is COc1ccc(OC)c(C(=O)NC2CCCCNC2=O)c1. The molecule has 6 heteroatoms. The van der Waals surface area contributed by atoms with E-state index in [-0.39, 0.29) is 11.8 Å². The van der Waals surface area contributed by atoms with Crippen LogP contribution in [-0.2, 0) is 4.79 Å². The molecule has 1 aromatic rings. The van der Waals surface area contributed by atoms with Crippen molar-refractivity contribution in [2.45, 2.75) is 25.3 Å². The number of benzene rings is 1. The number of hydrogen-bond acceptors (Lipinski definition) is 4. The summed E-state index contributed by atoms with van der Waals surface area (Å²) in [6.45, 7) is 0.660. The molecule has 1 heterocycles. The van der Waals surface area contributed by atoms with Gasteiger partial charge in [0.05, 0.1) is 19.8 Å². The average Bonchev–Trinajstić information content (AvgIpc) is 2.71. The van der Waals surface area contributed by atoms with Crippen LogP contribution in [0.1, 0.15) is 29.6 Å². The van der Waals surface area contributed by atoms with Crippen LogP contribution >= 0.6 is 0 Å². The van der Waals surface area contributed by atoms with Crippen LogP contribution < -0.4 is 20.1 Å². The van der Waals surface area contributed by atoms with Gasteiger partial charge in [-0.25, -0.2) is 0 Å². The minimum Gasteiger partial charge on any atom is -0.497 e. The monoisotopic (exact) mass is 292 g/mol. The number of hydrogen-bond donors (Lipinski definition) is 2. The van der Waals surface area contributed by atoms with Crippen molar-refractivity contribution in [3.05, 3.63) is 23.8 Å². The molecule has 1 saturated heterocycles. The van der Waals surface area contributed by atoms with E-state index in [1.807, 2.05) is 0 Å². The molecule has 2 amide bonds. The first-order valence-corrected chi connectivity index (χ1v) is 6.96. The zero-order valence-corrected chi connectivity index (χ0v) is 12.3. The molecule has 0 aromatic heterocycles. The number of carbonyl (C=O) groups is 2. The Morgan fingerprint density at radius 3 is 2.81 bits per heavy atom. The van der Waals surface area contributed by atoms with E-state index < -0.39 is 6.04 Å². The average molecular weight is 292 g/mol. The Morgan fingerprint density at radius 1 is 1.29 bits per heavy atom. The first kappa shape index (κ1) is 15.2. The van der Waals surface area contributed by atoms with Gasteiger partial charge in [0.15, 0.2) is 0 Å². The second kappa shape index (κ2) is 6.97. The van der Waals surface area contributed by atoms with E-state index in [2.05, 4.69) is 10.6 Å². The van der Waals surface area contributed by atoms with E-state index in [1.54, 1.807) is 18.2 Å². The van der Waals surface area contributed by atoms with Crippen LogP contribution in [0.3, 0.4) is 0 Å². The molecule has 2 rings (SSSR count).